The van der Waals surface area contributed by atoms with Gasteiger partial charge < -0.3 is 10.4 Å². The third-order valence-corrected chi connectivity index (χ3v) is 4.63. The van der Waals surface area contributed by atoms with Crippen LogP contribution in [0, 0.1) is 11.3 Å². The lowest BCUT2D eigenvalue weighted by Gasteiger charge is -2.15. The average Bonchev–Trinajstić information content (AvgIpc) is 3.21. The Balaban J connectivity index is 1.65. The normalized spacial score (nSPS) is 20.5. The lowest BCUT2D eigenvalue weighted by atomic mass is 10.0. The second-order valence-electron chi connectivity index (χ2n) is 5.48. The van der Waals surface area contributed by atoms with Crippen molar-refractivity contribution in [3.05, 3.63) is 28.2 Å². The van der Waals surface area contributed by atoms with Gasteiger partial charge in [-0.15, -0.1) is 0 Å². The molecule has 2 saturated carbocycles. The number of carbonyl (C=O) groups excluding carboxylic acids is 1. The predicted molar refractivity (Wildman–Crippen MR) is 72.5 cm³/mol. The monoisotopic (exact) mass is 309 g/mol. The van der Waals surface area contributed by atoms with E-state index in [0.29, 0.717) is 11.0 Å². The van der Waals surface area contributed by atoms with Crippen molar-refractivity contribution in [3.63, 3.8) is 0 Å². The van der Waals surface area contributed by atoms with Crippen LogP contribution in [0.3, 0.4) is 0 Å². The smallest absolute Gasteiger partial charge is 0.255 e. The molecule has 1 amide bonds. The number of halogens is 1. The molecule has 4 heteroatoms. The topological polar surface area (TPSA) is 49.3 Å². The minimum Gasteiger partial charge on any atom is -0.507 e. The van der Waals surface area contributed by atoms with Crippen LogP contribution in [0.25, 0.3) is 0 Å². The molecule has 18 heavy (non-hydrogen) atoms. The average molecular weight is 310 g/mol. The summed E-state index contributed by atoms with van der Waals surface area (Å²) in [5.41, 5.74) is 0.730. The van der Waals surface area contributed by atoms with E-state index in [1.807, 2.05) is 0 Å². The molecular weight excluding hydrogens is 294 g/mol. The Morgan fingerprint density at radius 2 is 2.17 bits per heavy atom. The fourth-order valence-electron chi connectivity index (χ4n) is 2.63. The molecule has 2 fully saturated rings. The minimum atomic E-state index is -0.180. The number of phenolic OH excluding ortho intramolecular Hbond substituents is 1. The molecule has 0 spiro atoms. The molecule has 0 heterocycles. The quantitative estimate of drug-likeness (QED) is 0.898. The highest BCUT2D eigenvalue weighted by Crippen LogP contribution is 2.60. The zero-order valence-electron chi connectivity index (χ0n) is 10.1. The van der Waals surface area contributed by atoms with Gasteiger partial charge in [0.15, 0.2) is 0 Å². The molecule has 2 N–H and O–H groups in total. The van der Waals surface area contributed by atoms with E-state index in [1.165, 1.54) is 31.7 Å². The highest BCUT2D eigenvalue weighted by molar-refractivity contribution is 9.10. The number of benzene rings is 1. The molecule has 2 aliphatic rings. The van der Waals surface area contributed by atoms with E-state index in [-0.39, 0.29) is 11.7 Å². The number of rotatable bonds is 4. The number of amides is 1. The van der Waals surface area contributed by atoms with Crippen molar-refractivity contribution < 1.29 is 9.90 Å². The van der Waals surface area contributed by atoms with Gasteiger partial charge in [-0.2, -0.15) is 0 Å². The summed E-state index contributed by atoms with van der Waals surface area (Å²) in [6, 6.07) is 4.91. The molecule has 0 atom stereocenters. The summed E-state index contributed by atoms with van der Waals surface area (Å²) < 4.78 is 0.800. The molecular formula is C14H16BrNO2. The molecule has 3 rings (SSSR count). The highest BCUT2D eigenvalue weighted by atomic mass is 79.9. The Kier molecular flexibility index (Phi) is 2.85. The van der Waals surface area contributed by atoms with Crippen molar-refractivity contribution in [3.8, 4) is 5.75 Å². The van der Waals surface area contributed by atoms with E-state index in [1.54, 1.807) is 12.1 Å². The van der Waals surface area contributed by atoms with Gasteiger partial charge in [-0.3, -0.25) is 4.79 Å². The molecule has 1 aromatic carbocycles. The van der Waals surface area contributed by atoms with Gasteiger partial charge in [-0.25, -0.2) is 0 Å². The Hall–Kier alpha value is -1.03. The Morgan fingerprint density at radius 1 is 1.44 bits per heavy atom. The van der Waals surface area contributed by atoms with Gasteiger partial charge >= 0.3 is 0 Å². The zero-order chi connectivity index (χ0) is 12.8. The SMILES string of the molecule is O=C(NCC1(C2CC2)CC1)c1cc(Br)ccc1O. The van der Waals surface area contributed by atoms with Gasteiger partial charge in [-0.05, 0) is 55.2 Å². The summed E-state index contributed by atoms with van der Waals surface area (Å²) in [5.74, 6) is 0.682. The number of hydrogen-bond donors (Lipinski definition) is 2. The van der Waals surface area contributed by atoms with Crippen molar-refractivity contribution in [2.75, 3.05) is 6.54 Å². The van der Waals surface area contributed by atoms with E-state index in [4.69, 9.17) is 0 Å². The molecule has 3 nitrogen and oxygen atoms in total. The van der Waals surface area contributed by atoms with Gasteiger partial charge in [0, 0.05) is 11.0 Å². The van der Waals surface area contributed by atoms with Gasteiger partial charge in [0.2, 0.25) is 0 Å². The van der Waals surface area contributed by atoms with Gasteiger partial charge in [0.25, 0.3) is 5.91 Å². The summed E-state index contributed by atoms with van der Waals surface area (Å²) in [6.45, 7) is 0.752. The molecule has 1 aromatic rings. The summed E-state index contributed by atoms with van der Waals surface area (Å²) in [5, 5.41) is 12.7. The van der Waals surface area contributed by atoms with Crippen LogP contribution in [0.4, 0.5) is 0 Å². The first kappa shape index (κ1) is 12.0. The second-order valence-corrected chi connectivity index (χ2v) is 6.40. The van der Waals surface area contributed by atoms with Crippen LogP contribution < -0.4 is 5.32 Å². The van der Waals surface area contributed by atoms with Crippen LogP contribution in [0.1, 0.15) is 36.0 Å². The van der Waals surface area contributed by atoms with E-state index in [2.05, 4.69) is 21.2 Å². The van der Waals surface area contributed by atoms with E-state index in [9.17, 15) is 9.90 Å². The minimum absolute atomic E-state index is 0.0342. The fourth-order valence-corrected chi connectivity index (χ4v) is 2.99. The predicted octanol–water partition coefficient (Wildman–Crippen LogP) is 3.07. The molecule has 0 unspecified atom stereocenters. The number of nitrogens with one attached hydrogen (secondary N) is 1. The summed E-state index contributed by atoms with van der Waals surface area (Å²) >= 11 is 3.31. The first-order valence-electron chi connectivity index (χ1n) is 6.37. The third-order valence-electron chi connectivity index (χ3n) is 4.14. The molecule has 2 aliphatic carbocycles. The largest absolute Gasteiger partial charge is 0.507 e. The number of phenols is 1. The summed E-state index contributed by atoms with van der Waals surface area (Å²) in [7, 11) is 0. The van der Waals surface area contributed by atoms with Crippen LogP contribution >= 0.6 is 15.9 Å². The Bertz CT molecular complexity index is 493. The maximum absolute atomic E-state index is 12.0. The Morgan fingerprint density at radius 3 is 2.78 bits per heavy atom. The number of aromatic hydroxyl groups is 1. The Labute approximate surface area is 115 Å². The maximum Gasteiger partial charge on any atom is 0.255 e. The first-order valence-corrected chi connectivity index (χ1v) is 7.17. The van der Waals surface area contributed by atoms with Crippen LogP contribution in [-0.2, 0) is 0 Å². The standard InChI is InChI=1S/C14H16BrNO2/c15-10-3-4-12(17)11(7-10)13(18)16-8-14(5-6-14)9-1-2-9/h3-4,7,9,17H,1-2,5-6,8H2,(H,16,18). The van der Waals surface area contributed by atoms with Crippen LogP contribution in [0.2, 0.25) is 0 Å². The summed E-state index contributed by atoms with van der Waals surface area (Å²) in [6.07, 6.45) is 5.11. The van der Waals surface area contributed by atoms with Crippen LogP contribution in [-0.4, -0.2) is 17.6 Å². The molecule has 0 saturated heterocycles. The molecule has 0 aliphatic heterocycles. The first-order chi connectivity index (χ1) is 8.61. The maximum atomic E-state index is 12.0. The van der Waals surface area contributed by atoms with Gasteiger partial charge in [-0.1, -0.05) is 15.9 Å². The number of carbonyl (C=O) groups is 1. The number of hydrogen-bond acceptors (Lipinski definition) is 2. The lowest BCUT2D eigenvalue weighted by Crippen LogP contribution is -2.31. The van der Waals surface area contributed by atoms with Crippen molar-refractivity contribution in [1.29, 1.82) is 0 Å². The van der Waals surface area contributed by atoms with Crippen LogP contribution in [0.15, 0.2) is 22.7 Å². The lowest BCUT2D eigenvalue weighted by molar-refractivity contribution is 0.0940. The van der Waals surface area contributed by atoms with E-state index in [0.717, 1.165) is 16.9 Å². The van der Waals surface area contributed by atoms with Crippen LogP contribution in [0.5, 0.6) is 5.75 Å². The van der Waals surface area contributed by atoms with E-state index < -0.39 is 0 Å². The van der Waals surface area contributed by atoms with Gasteiger partial charge in [0.05, 0.1) is 5.56 Å². The molecule has 96 valence electrons. The third kappa shape index (κ3) is 2.26. The van der Waals surface area contributed by atoms with Crippen molar-refractivity contribution in [2.45, 2.75) is 25.7 Å². The molecule has 0 radical (unpaired) electrons. The van der Waals surface area contributed by atoms with Gasteiger partial charge in [0.1, 0.15) is 5.75 Å². The van der Waals surface area contributed by atoms with Crippen molar-refractivity contribution >= 4 is 21.8 Å². The van der Waals surface area contributed by atoms with Crippen molar-refractivity contribution in [2.24, 2.45) is 11.3 Å². The molecule has 0 aromatic heterocycles. The highest BCUT2D eigenvalue weighted by Gasteiger charge is 2.53. The molecule has 0 bridgehead atoms. The van der Waals surface area contributed by atoms with Crippen molar-refractivity contribution in [1.82, 2.24) is 5.32 Å². The fraction of sp³-hybridized carbons (Fsp3) is 0.500. The second kappa shape index (κ2) is 4.26. The summed E-state index contributed by atoms with van der Waals surface area (Å²) in [4.78, 5) is 12.0. The zero-order valence-corrected chi connectivity index (χ0v) is 11.7. The van der Waals surface area contributed by atoms with E-state index >= 15 is 0 Å².